The minimum atomic E-state index is -1.33. The van der Waals surface area contributed by atoms with Crippen molar-refractivity contribution in [1.29, 1.82) is 0 Å². The van der Waals surface area contributed by atoms with Crippen molar-refractivity contribution >= 4 is 39.3 Å². The number of anilines is 1. The van der Waals surface area contributed by atoms with Gasteiger partial charge in [-0.3, -0.25) is 14.4 Å². The van der Waals surface area contributed by atoms with Crippen LogP contribution >= 0.6 is 15.9 Å². The third-order valence-corrected chi connectivity index (χ3v) is 10.6. The van der Waals surface area contributed by atoms with E-state index < -0.39 is 42.2 Å². The SMILES string of the molecule is C=CCN(Cc1ccccc1)C(=O)[C@H]1[C@H]2C(=O)N([C@H](CO)c3ccccc3)C(C(=O)N(CC=C)c3ccc(OC)cc3)C23CC(Br)[C@@H]1O3. The number of hydrogen-bond donors (Lipinski definition) is 1. The van der Waals surface area contributed by atoms with Crippen LogP contribution in [0, 0.1) is 11.8 Å². The number of aliphatic hydroxyl groups is 1. The van der Waals surface area contributed by atoms with Gasteiger partial charge in [-0.05, 0) is 41.8 Å². The Balaban J connectivity index is 1.46. The zero-order valence-corrected chi connectivity index (χ0v) is 28.4. The number of amides is 3. The molecule has 1 spiro atoms. The van der Waals surface area contributed by atoms with Gasteiger partial charge in [0.25, 0.3) is 5.91 Å². The second-order valence-corrected chi connectivity index (χ2v) is 13.6. The lowest BCUT2D eigenvalue weighted by Crippen LogP contribution is -2.57. The van der Waals surface area contributed by atoms with Crippen molar-refractivity contribution in [2.45, 2.75) is 41.6 Å². The lowest BCUT2D eigenvalue weighted by atomic mass is 9.70. The lowest BCUT2D eigenvalue weighted by Gasteiger charge is -2.39. The summed E-state index contributed by atoms with van der Waals surface area (Å²) in [7, 11) is 1.57. The van der Waals surface area contributed by atoms with Gasteiger partial charge in [0.1, 0.15) is 17.4 Å². The normalized spacial score (nSPS) is 26.1. The molecule has 0 radical (unpaired) electrons. The molecule has 9 nitrogen and oxygen atoms in total. The van der Waals surface area contributed by atoms with Gasteiger partial charge in [0.2, 0.25) is 11.8 Å². The molecule has 2 bridgehead atoms. The van der Waals surface area contributed by atoms with E-state index in [9.17, 15) is 14.7 Å². The van der Waals surface area contributed by atoms with Crippen molar-refractivity contribution in [1.82, 2.24) is 9.80 Å². The highest BCUT2D eigenvalue weighted by atomic mass is 79.9. The molecule has 3 amide bonds. The predicted octanol–water partition coefficient (Wildman–Crippen LogP) is 4.91. The Hall–Kier alpha value is -4.25. The van der Waals surface area contributed by atoms with Crippen LogP contribution in [0.5, 0.6) is 5.75 Å². The minimum absolute atomic E-state index is 0.160. The number of alkyl halides is 1. The molecule has 3 aromatic carbocycles. The number of halogens is 1. The Morgan fingerprint density at radius 2 is 1.67 bits per heavy atom. The molecule has 48 heavy (non-hydrogen) atoms. The summed E-state index contributed by atoms with van der Waals surface area (Å²) >= 11 is 3.78. The number of methoxy groups -OCH3 is 1. The first-order chi connectivity index (χ1) is 23.3. The largest absolute Gasteiger partial charge is 0.497 e. The Morgan fingerprint density at radius 1 is 1.02 bits per heavy atom. The van der Waals surface area contributed by atoms with Gasteiger partial charge >= 0.3 is 0 Å². The first-order valence-corrected chi connectivity index (χ1v) is 17.0. The van der Waals surface area contributed by atoms with Crippen LogP contribution in [0.4, 0.5) is 5.69 Å². The van der Waals surface area contributed by atoms with E-state index in [1.54, 1.807) is 53.3 Å². The number of ether oxygens (including phenoxy) is 2. The van der Waals surface area contributed by atoms with Crippen LogP contribution in [0.15, 0.2) is 110 Å². The van der Waals surface area contributed by atoms with E-state index in [2.05, 4.69) is 29.1 Å². The molecule has 3 aromatic rings. The summed E-state index contributed by atoms with van der Waals surface area (Å²) in [6, 6.07) is 23.9. The smallest absolute Gasteiger partial charge is 0.253 e. The zero-order chi connectivity index (χ0) is 34.0. The van der Waals surface area contributed by atoms with Gasteiger partial charge in [0.15, 0.2) is 0 Å². The number of rotatable bonds is 13. The molecule has 10 heteroatoms. The van der Waals surface area contributed by atoms with Crippen LogP contribution in [0.3, 0.4) is 0 Å². The average Bonchev–Trinajstić information content (AvgIpc) is 3.71. The molecule has 0 saturated carbocycles. The lowest BCUT2D eigenvalue weighted by molar-refractivity contribution is -0.147. The van der Waals surface area contributed by atoms with Gasteiger partial charge in [0.05, 0.1) is 37.7 Å². The molecule has 3 aliphatic heterocycles. The van der Waals surface area contributed by atoms with Crippen LogP contribution < -0.4 is 9.64 Å². The fraction of sp³-hybridized carbons (Fsp3) is 0.342. The van der Waals surface area contributed by atoms with Crippen LogP contribution in [0.1, 0.15) is 23.6 Å². The van der Waals surface area contributed by atoms with E-state index in [0.29, 0.717) is 30.0 Å². The highest BCUT2D eigenvalue weighted by Crippen LogP contribution is 2.61. The van der Waals surface area contributed by atoms with E-state index in [4.69, 9.17) is 9.47 Å². The third kappa shape index (κ3) is 5.76. The number of carbonyl (C=O) groups excluding carboxylic acids is 3. The van der Waals surface area contributed by atoms with Crippen LogP contribution in [0.2, 0.25) is 0 Å². The summed E-state index contributed by atoms with van der Waals surface area (Å²) in [6.45, 7) is 8.12. The Labute approximate surface area is 289 Å². The van der Waals surface area contributed by atoms with E-state index in [0.717, 1.165) is 5.56 Å². The number of fused-ring (bicyclic) bond motifs is 1. The van der Waals surface area contributed by atoms with Gasteiger partial charge in [-0.2, -0.15) is 0 Å². The Bertz CT molecular complexity index is 1650. The molecular weight excluding hydrogens is 674 g/mol. The number of aliphatic hydroxyl groups excluding tert-OH is 1. The molecular formula is C38H40BrN3O6. The fourth-order valence-electron chi connectivity index (χ4n) is 7.76. The van der Waals surface area contributed by atoms with Crippen molar-refractivity contribution < 1.29 is 29.0 Å². The van der Waals surface area contributed by atoms with Crippen molar-refractivity contribution in [3.05, 3.63) is 121 Å². The maximum atomic E-state index is 15.1. The molecule has 0 aromatic heterocycles. The molecule has 6 rings (SSSR count). The number of likely N-dealkylation sites (tertiary alicyclic amines) is 1. The molecule has 3 aliphatic rings. The summed E-state index contributed by atoms with van der Waals surface area (Å²) in [5, 5.41) is 10.9. The molecule has 3 heterocycles. The zero-order valence-electron chi connectivity index (χ0n) is 26.9. The second-order valence-electron chi connectivity index (χ2n) is 12.4. The Kier molecular flexibility index (Phi) is 9.87. The van der Waals surface area contributed by atoms with Crippen molar-refractivity contribution in [2.24, 2.45) is 11.8 Å². The van der Waals surface area contributed by atoms with Crippen LogP contribution in [-0.2, 0) is 25.7 Å². The molecule has 0 aliphatic carbocycles. The Morgan fingerprint density at radius 3 is 2.27 bits per heavy atom. The monoisotopic (exact) mass is 713 g/mol. The van der Waals surface area contributed by atoms with E-state index in [1.165, 1.54) is 4.90 Å². The van der Waals surface area contributed by atoms with Gasteiger partial charge in [-0.25, -0.2) is 0 Å². The predicted molar refractivity (Wildman–Crippen MR) is 186 cm³/mol. The summed E-state index contributed by atoms with van der Waals surface area (Å²) in [5.74, 6) is -2.18. The standard InChI is InChI=1S/C38H40BrN3O6/c1-4-20-40(23-25-12-8-6-9-13-25)35(44)31-32-36(45)42(30(24-43)26-14-10-7-11-15-26)34(38(32)22-29(39)33(31)48-38)37(46)41(21-5-2)27-16-18-28(47-3)19-17-27/h4-19,29-34,43H,1-2,20-24H2,3H3/t29?,30-,31+,32+,33+,34?,38?/m1/s1. The maximum absolute atomic E-state index is 15.1. The highest BCUT2D eigenvalue weighted by molar-refractivity contribution is 9.09. The number of benzene rings is 3. The van der Waals surface area contributed by atoms with Crippen LogP contribution in [-0.4, -0.2) is 82.0 Å². The quantitative estimate of drug-likeness (QED) is 0.200. The number of nitrogens with zero attached hydrogens (tertiary/aromatic N) is 3. The van der Waals surface area contributed by atoms with Crippen molar-refractivity contribution in [3.63, 3.8) is 0 Å². The molecule has 250 valence electrons. The topological polar surface area (TPSA) is 99.6 Å². The van der Waals surface area contributed by atoms with Crippen molar-refractivity contribution in [3.8, 4) is 5.75 Å². The molecule has 7 atom stereocenters. The van der Waals surface area contributed by atoms with Gasteiger partial charge in [-0.15, -0.1) is 13.2 Å². The second kappa shape index (κ2) is 14.1. The highest BCUT2D eigenvalue weighted by Gasteiger charge is 2.77. The minimum Gasteiger partial charge on any atom is -0.497 e. The summed E-state index contributed by atoms with van der Waals surface area (Å²) in [5.41, 5.74) is 0.878. The molecule has 3 saturated heterocycles. The first kappa shape index (κ1) is 33.6. The van der Waals surface area contributed by atoms with E-state index >= 15 is 4.79 Å². The molecule has 3 unspecified atom stereocenters. The molecule has 1 N–H and O–H groups in total. The van der Waals surface area contributed by atoms with E-state index in [-0.39, 0.29) is 35.6 Å². The van der Waals surface area contributed by atoms with Crippen molar-refractivity contribution in [2.75, 3.05) is 31.7 Å². The summed E-state index contributed by atoms with van der Waals surface area (Å²) < 4.78 is 12.2. The van der Waals surface area contributed by atoms with Gasteiger partial charge in [0, 0.05) is 30.1 Å². The maximum Gasteiger partial charge on any atom is 0.253 e. The fourth-order valence-corrected chi connectivity index (χ4v) is 8.70. The van der Waals surface area contributed by atoms with Crippen LogP contribution in [0.25, 0.3) is 0 Å². The summed E-state index contributed by atoms with van der Waals surface area (Å²) in [4.78, 5) is 49.1. The third-order valence-electron chi connectivity index (χ3n) is 9.78. The van der Waals surface area contributed by atoms with E-state index in [1.807, 2.05) is 60.7 Å². The number of carbonyl (C=O) groups is 3. The number of hydrogen-bond acceptors (Lipinski definition) is 6. The first-order valence-electron chi connectivity index (χ1n) is 16.1. The summed E-state index contributed by atoms with van der Waals surface area (Å²) in [6.07, 6.45) is 3.00. The van der Waals surface area contributed by atoms with Gasteiger partial charge in [-0.1, -0.05) is 88.7 Å². The van der Waals surface area contributed by atoms with Gasteiger partial charge < -0.3 is 29.3 Å². The average molecular weight is 715 g/mol. The molecule has 3 fully saturated rings.